The third-order valence-corrected chi connectivity index (χ3v) is 4.65. The molecule has 2 heterocycles. The van der Waals surface area contributed by atoms with Gasteiger partial charge in [0.1, 0.15) is 16.5 Å². The van der Waals surface area contributed by atoms with E-state index in [1.807, 2.05) is 6.92 Å². The summed E-state index contributed by atoms with van der Waals surface area (Å²) in [6, 6.07) is 3.12. The van der Waals surface area contributed by atoms with Crippen molar-refractivity contribution in [3.05, 3.63) is 30.0 Å². The van der Waals surface area contributed by atoms with E-state index in [2.05, 4.69) is 25.5 Å². The van der Waals surface area contributed by atoms with E-state index >= 15 is 0 Å². The first kappa shape index (κ1) is 15.4. The van der Waals surface area contributed by atoms with Gasteiger partial charge in [0.25, 0.3) is 0 Å². The summed E-state index contributed by atoms with van der Waals surface area (Å²) >= 11 is 0. The number of nitrogens with one attached hydrogen (secondary N) is 2. The Hall–Kier alpha value is -2.00. The fourth-order valence-corrected chi connectivity index (χ4v) is 3.05. The van der Waals surface area contributed by atoms with Crippen molar-refractivity contribution in [3.63, 3.8) is 0 Å². The van der Waals surface area contributed by atoms with Gasteiger partial charge in [-0.05, 0) is 26.0 Å². The minimum Gasteiger partial charge on any atom is -0.369 e. The average Bonchev–Trinajstić information content (AvgIpc) is 2.85. The quantitative estimate of drug-likeness (QED) is 0.816. The molecule has 0 saturated heterocycles. The molecule has 21 heavy (non-hydrogen) atoms. The molecule has 0 aliphatic heterocycles. The van der Waals surface area contributed by atoms with Crippen LogP contribution in [-0.4, -0.2) is 46.5 Å². The molecule has 0 unspecified atom stereocenters. The molecule has 114 valence electrons. The molecule has 0 radical (unpaired) electrons. The number of rotatable bonds is 6. The molecule has 8 nitrogen and oxygen atoms in total. The van der Waals surface area contributed by atoms with Crippen LogP contribution in [0.2, 0.25) is 0 Å². The van der Waals surface area contributed by atoms with Crippen LogP contribution < -0.4 is 5.32 Å². The molecule has 0 fully saturated rings. The van der Waals surface area contributed by atoms with Gasteiger partial charge in [-0.1, -0.05) is 0 Å². The Morgan fingerprint density at radius 2 is 2.19 bits per heavy atom. The predicted octanol–water partition coefficient (Wildman–Crippen LogP) is 0.761. The molecular formula is C12H18N6O2S. The van der Waals surface area contributed by atoms with Gasteiger partial charge in [-0.15, -0.1) is 0 Å². The second-order valence-electron chi connectivity index (χ2n) is 4.48. The second kappa shape index (κ2) is 6.19. The zero-order valence-corrected chi connectivity index (χ0v) is 13.0. The number of aromatic amines is 1. The highest BCUT2D eigenvalue weighted by molar-refractivity contribution is 7.89. The van der Waals surface area contributed by atoms with E-state index in [0.29, 0.717) is 24.0 Å². The largest absolute Gasteiger partial charge is 0.369 e. The Balaban J connectivity index is 2.28. The van der Waals surface area contributed by atoms with E-state index in [0.717, 1.165) is 0 Å². The molecule has 9 heteroatoms. The fourth-order valence-electron chi connectivity index (χ4n) is 1.81. The van der Waals surface area contributed by atoms with Gasteiger partial charge in [-0.2, -0.15) is 9.40 Å². The summed E-state index contributed by atoms with van der Waals surface area (Å²) in [6.07, 6.45) is 1.55. The lowest BCUT2D eigenvalue weighted by molar-refractivity contribution is 0.457. The molecule has 0 aromatic carbocycles. The Kier molecular flexibility index (Phi) is 4.53. The van der Waals surface area contributed by atoms with Crippen molar-refractivity contribution >= 4 is 15.8 Å². The summed E-state index contributed by atoms with van der Waals surface area (Å²) in [5.41, 5.74) is 0. The van der Waals surface area contributed by atoms with Gasteiger partial charge in [-0.3, -0.25) is 5.10 Å². The van der Waals surface area contributed by atoms with Crippen molar-refractivity contribution < 1.29 is 8.42 Å². The smallest absolute Gasteiger partial charge is 0.246 e. The number of sulfonamides is 1. The number of anilines is 1. The molecule has 0 amide bonds. The van der Waals surface area contributed by atoms with Crippen molar-refractivity contribution in [3.8, 4) is 0 Å². The van der Waals surface area contributed by atoms with Crippen LogP contribution in [-0.2, 0) is 16.6 Å². The number of aryl methyl sites for hydroxylation is 1. The third-order valence-electron chi connectivity index (χ3n) is 2.81. The molecular weight excluding hydrogens is 292 g/mol. The van der Waals surface area contributed by atoms with Crippen molar-refractivity contribution in [1.82, 2.24) is 24.5 Å². The lowest BCUT2D eigenvalue weighted by Gasteiger charge is -2.17. The van der Waals surface area contributed by atoms with Crippen molar-refractivity contribution in [2.24, 2.45) is 0 Å². The molecule has 0 spiro atoms. The number of nitrogens with zero attached hydrogens (tertiary/aromatic N) is 4. The fraction of sp³-hybridized carbons (Fsp3) is 0.417. The summed E-state index contributed by atoms with van der Waals surface area (Å²) in [5.74, 6) is 1.41. The van der Waals surface area contributed by atoms with Gasteiger partial charge in [-0.25, -0.2) is 18.4 Å². The monoisotopic (exact) mass is 310 g/mol. The maximum absolute atomic E-state index is 12.6. The number of aromatic nitrogens is 4. The first-order chi connectivity index (χ1) is 9.95. The van der Waals surface area contributed by atoms with Crippen molar-refractivity contribution in [2.45, 2.75) is 25.3 Å². The highest BCUT2D eigenvalue weighted by atomic mass is 32.2. The Bertz CT molecular complexity index is 712. The molecule has 2 aromatic heterocycles. The maximum Gasteiger partial charge on any atom is 0.246 e. The van der Waals surface area contributed by atoms with E-state index in [4.69, 9.17) is 0 Å². The van der Waals surface area contributed by atoms with Gasteiger partial charge in [0.15, 0.2) is 5.82 Å². The van der Waals surface area contributed by atoms with Crippen LogP contribution in [0.1, 0.15) is 18.6 Å². The summed E-state index contributed by atoms with van der Waals surface area (Å²) in [5, 5.41) is 9.59. The molecule has 2 rings (SSSR count). The Labute approximate surface area is 123 Å². The second-order valence-corrected chi connectivity index (χ2v) is 6.49. The van der Waals surface area contributed by atoms with Gasteiger partial charge < -0.3 is 5.32 Å². The molecule has 2 N–H and O–H groups in total. The lowest BCUT2D eigenvalue weighted by atomic mass is 10.4. The van der Waals surface area contributed by atoms with Crippen LogP contribution in [0.25, 0.3) is 0 Å². The normalized spacial score (nSPS) is 11.8. The zero-order valence-electron chi connectivity index (χ0n) is 12.2. The number of H-pyrrole nitrogens is 1. The molecule has 2 aromatic rings. The first-order valence-corrected chi connectivity index (χ1v) is 7.92. The Morgan fingerprint density at radius 1 is 1.43 bits per heavy atom. The first-order valence-electron chi connectivity index (χ1n) is 6.48. The highest BCUT2D eigenvalue weighted by Crippen LogP contribution is 2.22. The van der Waals surface area contributed by atoms with Gasteiger partial charge in [0.05, 0.1) is 6.54 Å². The predicted molar refractivity (Wildman–Crippen MR) is 78.2 cm³/mol. The van der Waals surface area contributed by atoms with Crippen molar-refractivity contribution in [1.29, 1.82) is 0 Å². The van der Waals surface area contributed by atoms with Gasteiger partial charge in [0.2, 0.25) is 10.0 Å². The minimum atomic E-state index is -3.67. The van der Waals surface area contributed by atoms with Gasteiger partial charge in [0, 0.05) is 19.8 Å². The number of hydrogen-bond acceptors (Lipinski definition) is 6. The Morgan fingerprint density at radius 3 is 2.81 bits per heavy atom. The average molecular weight is 310 g/mol. The summed E-state index contributed by atoms with van der Waals surface area (Å²) < 4.78 is 26.4. The van der Waals surface area contributed by atoms with E-state index in [1.165, 1.54) is 17.4 Å². The number of hydrogen-bond donors (Lipinski definition) is 2. The van der Waals surface area contributed by atoms with E-state index < -0.39 is 10.0 Å². The molecule has 0 atom stereocenters. The molecule has 0 bridgehead atoms. The molecule has 0 aliphatic carbocycles. The van der Waals surface area contributed by atoms with Crippen LogP contribution in [0.3, 0.4) is 0 Å². The van der Waals surface area contributed by atoms with E-state index in [1.54, 1.807) is 19.2 Å². The van der Waals surface area contributed by atoms with Crippen molar-refractivity contribution in [2.75, 3.05) is 18.9 Å². The zero-order chi connectivity index (χ0) is 15.5. The van der Waals surface area contributed by atoms with E-state index in [-0.39, 0.29) is 11.4 Å². The molecule has 0 saturated carbocycles. The van der Waals surface area contributed by atoms with Crippen LogP contribution >= 0.6 is 0 Å². The maximum atomic E-state index is 12.6. The lowest BCUT2D eigenvalue weighted by Crippen LogP contribution is -2.28. The summed E-state index contributed by atoms with van der Waals surface area (Å²) in [4.78, 5) is 8.33. The summed E-state index contributed by atoms with van der Waals surface area (Å²) in [7, 11) is -2.18. The van der Waals surface area contributed by atoms with Gasteiger partial charge >= 0.3 is 0 Å². The summed E-state index contributed by atoms with van der Waals surface area (Å²) in [6.45, 7) is 4.32. The van der Waals surface area contributed by atoms with Crippen LogP contribution in [0, 0.1) is 6.92 Å². The van der Waals surface area contributed by atoms with Crippen LogP contribution in [0.4, 0.5) is 5.82 Å². The standard InChI is InChI=1S/C12H18N6O2S/c1-4-13-12-10(6-5-7-14-12)21(19,20)18(3)8-11-15-9(2)16-17-11/h5-7H,4,8H2,1-3H3,(H,13,14)(H,15,16,17). The SMILES string of the molecule is CCNc1ncccc1S(=O)(=O)N(C)Cc1n[nH]c(C)n1. The highest BCUT2D eigenvalue weighted by Gasteiger charge is 2.25. The van der Waals surface area contributed by atoms with Crippen LogP contribution in [0.5, 0.6) is 0 Å². The minimum absolute atomic E-state index is 0.0904. The topological polar surface area (TPSA) is 104 Å². The van der Waals surface area contributed by atoms with E-state index in [9.17, 15) is 8.42 Å². The van der Waals surface area contributed by atoms with Crippen LogP contribution in [0.15, 0.2) is 23.2 Å². The third kappa shape index (κ3) is 3.37. The number of pyridine rings is 1. The molecule has 0 aliphatic rings.